The average molecular weight is 347 g/mol. The smallest absolute Gasteiger partial charge is 0.253 e. The lowest BCUT2D eigenvalue weighted by Crippen LogP contribution is -2.43. The van der Waals surface area contributed by atoms with Gasteiger partial charge in [-0.05, 0) is 25.3 Å². The van der Waals surface area contributed by atoms with Crippen LogP contribution in [0.1, 0.15) is 25.0 Å². The van der Waals surface area contributed by atoms with Gasteiger partial charge in [0.05, 0.1) is 31.4 Å². The van der Waals surface area contributed by atoms with Crippen molar-refractivity contribution >= 4 is 5.91 Å². The van der Waals surface area contributed by atoms with Gasteiger partial charge < -0.3 is 9.47 Å². The molecule has 4 rings (SSSR count). The predicted octanol–water partition coefficient (Wildman–Crippen LogP) is 1.23. The van der Waals surface area contributed by atoms with Crippen molar-refractivity contribution in [2.75, 3.05) is 33.4 Å². The molecule has 1 aromatic rings. The molecule has 0 N–H and O–H groups in total. The molecule has 3 aliphatic rings. The third-order valence-corrected chi connectivity index (χ3v) is 5.32. The Hall–Kier alpha value is -1.70. The number of amides is 1. The number of methoxy groups -OCH3 is 1. The first-order valence-electron chi connectivity index (χ1n) is 9.06. The van der Waals surface area contributed by atoms with E-state index in [9.17, 15) is 4.79 Å². The zero-order chi connectivity index (χ0) is 17.2. The number of nitrogens with zero attached hydrogens (tertiary/aromatic N) is 3. The average Bonchev–Trinajstić information content (AvgIpc) is 3.26. The molecule has 3 saturated heterocycles. The van der Waals surface area contributed by atoms with Gasteiger partial charge in [-0.3, -0.25) is 14.5 Å². The molecular formula is C18H25N3O4. The summed E-state index contributed by atoms with van der Waals surface area (Å²) in [6.07, 6.45) is 2.94. The Morgan fingerprint density at radius 3 is 3.08 bits per heavy atom. The fourth-order valence-electron chi connectivity index (χ4n) is 4.09. The largest absolute Gasteiger partial charge is 0.481 e. The van der Waals surface area contributed by atoms with E-state index in [1.54, 1.807) is 12.2 Å². The number of hydroxylamine groups is 2. The van der Waals surface area contributed by atoms with Crippen molar-refractivity contribution in [2.45, 2.75) is 38.0 Å². The number of aromatic nitrogens is 1. The number of likely N-dealkylation sites (tertiary alicyclic amines) is 1. The van der Waals surface area contributed by atoms with Crippen molar-refractivity contribution in [3.63, 3.8) is 0 Å². The van der Waals surface area contributed by atoms with Crippen LogP contribution in [0, 0.1) is 5.92 Å². The quantitative estimate of drug-likeness (QED) is 0.816. The molecule has 25 heavy (non-hydrogen) atoms. The second kappa shape index (κ2) is 7.27. The molecule has 0 bridgehead atoms. The van der Waals surface area contributed by atoms with E-state index in [0.29, 0.717) is 38.7 Å². The van der Waals surface area contributed by atoms with E-state index >= 15 is 0 Å². The normalized spacial score (nSPS) is 29.6. The summed E-state index contributed by atoms with van der Waals surface area (Å²) < 4.78 is 11.1. The number of carbonyl (C=O) groups excluding carboxylic acids is 1. The monoisotopic (exact) mass is 347 g/mol. The Morgan fingerprint density at radius 2 is 2.28 bits per heavy atom. The summed E-state index contributed by atoms with van der Waals surface area (Å²) in [5.74, 6) is 0.527. The lowest BCUT2D eigenvalue weighted by Gasteiger charge is -2.29. The zero-order valence-electron chi connectivity index (χ0n) is 14.6. The Balaban J connectivity index is 1.47. The van der Waals surface area contributed by atoms with Crippen LogP contribution in [0.5, 0.6) is 5.88 Å². The lowest BCUT2D eigenvalue weighted by molar-refractivity contribution is -0.203. The predicted molar refractivity (Wildman–Crippen MR) is 89.7 cm³/mol. The summed E-state index contributed by atoms with van der Waals surface area (Å²) in [6, 6.07) is 6.06. The van der Waals surface area contributed by atoms with Gasteiger partial charge in [-0.1, -0.05) is 6.07 Å². The van der Waals surface area contributed by atoms with Gasteiger partial charge in [-0.15, -0.1) is 0 Å². The lowest BCUT2D eigenvalue weighted by atomic mass is 10.0. The van der Waals surface area contributed by atoms with E-state index in [0.717, 1.165) is 25.0 Å². The van der Waals surface area contributed by atoms with Crippen molar-refractivity contribution in [1.82, 2.24) is 14.9 Å². The van der Waals surface area contributed by atoms with Crippen molar-refractivity contribution in [1.29, 1.82) is 0 Å². The van der Waals surface area contributed by atoms with Gasteiger partial charge in [0.1, 0.15) is 0 Å². The zero-order valence-corrected chi connectivity index (χ0v) is 14.6. The minimum Gasteiger partial charge on any atom is -0.481 e. The van der Waals surface area contributed by atoms with E-state index in [-0.39, 0.29) is 24.0 Å². The van der Waals surface area contributed by atoms with Crippen LogP contribution in [0.4, 0.5) is 0 Å². The van der Waals surface area contributed by atoms with E-state index in [1.165, 1.54) is 0 Å². The Bertz CT molecular complexity index is 620. The summed E-state index contributed by atoms with van der Waals surface area (Å²) in [4.78, 5) is 25.3. The standard InChI is InChI=1S/C18H25N3O4/c1-23-16-6-4-5-13(19-16)11-20-12-14(17-15(20)7-10-24-17)18(22)21-8-2-3-9-25-21/h4-6,14-15,17H,2-3,7-12H2,1H3/t14-,15+,17+/m0/s1. The van der Waals surface area contributed by atoms with Crippen LogP contribution in [-0.2, 0) is 20.9 Å². The van der Waals surface area contributed by atoms with E-state index in [1.807, 2.05) is 18.2 Å². The summed E-state index contributed by atoms with van der Waals surface area (Å²) in [5, 5.41) is 1.56. The van der Waals surface area contributed by atoms with Crippen LogP contribution >= 0.6 is 0 Å². The van der Waals surface area contributed by atoms with Gasteiger partial charge >= 0.3 is 0 Å². The number of fused-ring (bicyclic) bond motifs is 1. The maximum Gasteiger partial charge on any atom is 0.253 e. The number of carbonyl (C=O) groups is 1. The fourth-order valence-corrected chi connectivity index (χ4v) is 4.09. The van der Waals surface area contributed by atoms with Crippen LogP contribution in [0.3, 0.4) is 0 Å². The fraction of sp³-hybridized carbons (Fsp3) is 0.667. The SMILES string of the molecule is COc1cccc(CN2C[C@H](C(=O)N3CCCCO3)[C@H]3OCC[C@H]32)n1. The van der Waals surface area contributed by atoms with Gasteiger partial charge in [0.25, 0.3) is 5.91 Å². The van der Waals surface area contributed by atoms with Gasteiger partial charge in [-0.2, -0.15) is 0 Å². The first kappa shape index (κ1) is 16.8. The van der Waals surface area contributed by atoms with E-state index in [4.69, 9.17) is 14.3 Å². The second-order valence-corrected chi connectivity index (χ2v) is 6.88. The molecule has 4 heterocycles. The van der Waals surface area contributed by atoms with Crippen LogP contribution in [0.15, 0.2) is 18.2 Å². The Labute approximate surface area is 147 Å². The number of hydrogen-bond donors (Lipinski definition) is 0. The van der Waals surface area contributed by atoms with Crippen LogP contribution in [-0.4, -0.2) is 66.4 Å². The van der Waals surface area contributed by atoms with Crippen LogP contribution in [0.25, 0.3) is 0 Å². The van der Waals surface area contributed by atoms with Gasteiger partial charge in [0.2, 0.25) is 5.88 Å². The van der Waals surface area contributed by atoms with Crippen molar-refractivity contribution in [3.8, 4) is 5.88 Å². The van der Waals surface area contributed by atoms with Gasteiger partial charge in [0, 0.05) is 38.3 Å². The molecule has 0 aromatic carbocycles. The molecule has 0 unspecified atom stereocenters. The highest BCUT2D eigenvalue weighted by Crippen LogP contribution is 2.35. The molecule has 1 amide bonds. The topological polar surface area (TPSA) is 64.1 Å². The molecule has 136 valence electrons. The minimum absolute atomic E-state index is 0.0383. The molecule has 7 nitrogen and oxygen atoms in total. The summed E-state index contributed by atoms with van der Waals surface area (Å²) >= 11 is 0. The molecule has 7 heteroatoms. The molecule has 1 aromatic heterocycles. The second-order valence-electron chi connectivity index (χ2n) is 6.88. The molecular weight excluding hydrogens is 322 g/mol. The molecule has 3 fully saturated rings. The van der Waals surface area contributed by atoms with Gasteiger partial charge in [0.15, 0.2) is 0 Å². The number of pyridine rings is 1. The van der Waals surface area contributed by atoms with Crippen molar-refractivity contribution in [2.24, 2.45) is 5.92 Å². The summed E-state index contributed by atoms with van der Waals surface area (Å²) in [5.41, 5.74) is 0.951. The van der Waals surface area contributed by atoms with Gasteiger partial charge in [-0.25, -0.2) is 10.0 Å². The molecule has 0 spiro atoms. The van der Waals surface area contributed by atoms with Crippen LogP contribution < -0.4 is 4.74 Å². The van der Waals surface area contributed by atoms with Crippen LogP contribution in [0.2, 0.25) is 0 Å². The molecule has 0 aliphatic carbocycles. The first-order valence-corrected chi connectivity index (χ1v) is 9.06. The number of ether oxygens (including phenoxy) is 2. The number of rotatable bonds is 4. The minimum atomic E-state index is -0.156. The maximum atomic E-state index is 12.9. The highest BCUT2D eigenvalue weighted by molar-refractivity contribution is 5.79. The first-order chi connectivity index (χ1) is 12.3. The highest BCUT2D eigenvalue weighted by Gasteiger charge is 2.50. The number of hydrogen-bond acceptors (Lipinski definition) is 6. The van der Waals surface area contributed by atoms with Crippen molar-refractivity contribution in [3.05, 3.63) is 23.9 Å². The molecule has 3 aliphatic heterocycles. The van der Waals surface area contributed by atoms with Crippen molar-refractivity contribution < 1.29 is 19.1 Å². The highest BCUT2D eigenvalue weighted by atomic mass is 16.7. The van der Waals surface area contributed by atoms with E-state index in [2.05, 4.69) is 9.88 Å². The van der Waals surface area contributed by atoms with E-state index < -0.39 is 0 Å². The summed E-state index contributed by atoms with van der Waals surface area (Å²) in [7, 11) is 1.62. The molecule has 3 atom stereocenters. The maximum absolute atomic E-state index is 12.9. The third-order valence-electron chi connectivity index (χ3n) is 5.32. The molecule has 0 radical (unpaired) electrons. The third kappa shape index (κ3) is 3.36. The Kier molecular flexibility index (Phi) is 4.87. The Morgan fingerprint density at radius 1 is 1.36 bits per heavy atom. The summed E-state index contributed by atoms with van der Waals surface area (Å²) in [6.45, 7) is 3.41. The molecule has 0 saturated carbocycles.